The molecule has 0 saturated carbocycles. The fourth-order valence-electron chi connectivity index (χ4n) is 2.04. The topological polar surface area (TPSA) is 35.6 Å². The van der Waals surface area contributed by atoms with Crippen LogP contribution in [-0.4, -0.2) is 48.6 Å². The summed E-state index contributed by atoms with van der Waals surface area (Å²) >= 11 is 0. The minimum atomic E-state index is -0.0144. The number of amides is 2. The molecule has 0 aromatic heterocycles. The highest BCUT2D eigenvalue weighted by Gasteiger charge is 2.20. The lowest BCUT2D eigenvalue weighted by molar-refractivity contribution is 0.156. The number of carbonyl (C=O) groups is 1. The lowest BCUT2D eigenvalue weighted by Gasteiger charge is -2.34. The zero-order chi connectivity index (χ0) is 12.8. The van der Waals surface area contributed by atoms with Gasteiger partial charge in [-0.15, -0.1) is 6.58 Å². The first-order valence-corrected chi connectivity index (χ1v) is 6.24. The van der Waals surface area contributed by atoms with Crippen LogP contribution in [0.25, 0.3) is 0 Å². The molecule has 96 valence electrons. The Morgan fingerprint density at radius 2 is 1.89 bits per heavy atom. The second-order valence-electron chi connectivity index (χ2n) is 4.37. The molecule has 2 amide bonds. The molecule has 0 aliphatic carbocycles. The summed E-state index contributed by atoms with van der Waals surface area (Å²) in [6, 6.07) is 9.54. The number of para-hydroxylation sites is 1. The van der Waals surface area contributed by atoms with E-state index in [-0.39, 0.29) is 6.03 Å². The Morgan fingerprint density at radius 3 is 2.50 bits per heavy atom. The average molecular weight is 245 g/mol. The molecule has 0 radical (unpaired) electrons. The van der Waals surface area contributed by atoms with E-state index >= 15 is 0 Å². The maximum Gasteiger partial charge on any atom is 0.321 e. The number of urea groups is 1. The van der Waals surface area contributed by atoms with Gasteiger partial charge in [0.25, 0.3) is 0 Å². The third kappa shape index (κ3) is 3.34. The largest absolute Gasteiger partial charge is 0.322 e. The molecule has 0 atom stereocenters. The van der Waals surface area contributed by atoms with Crippen molar-refractivity contribution in [2.75, 3.05) is 38.0 Å². The van der Waals surface area contributed by atoms with E-state index in [1.807, 2.05) is 41.3 Å². The number of piperazine rings is 1. The molecule has 0 bridgehead atoms. The van der Waals surface area contributed by atoms with Crippen molar-refractivity contribution in [2.45, 2.75) is 0 Å². The number of nitrogens with zero attached hydrogens (tertiary/aromatic N) is 2. The molecule has 0 spiro atoms. The van der Waals surface area contributed by atoms with E-state index in [2.05, 4.69) is 16.8 Å². The Hall–Kier alpha value is -1.81. The van der Waals surface area contributed by atoms with E-state index in [0.29, 0.717) is 0 Å². The van der Waals surface area contributed by atoms with Crippen LogP contribution < -0.4 is 5.32 Å². The fraction of sp³-hybridized carbons (Fsp3) is 0.357. The minimum Gasteiger partial charge on any atom is -0.322 e. The predicted octanol–water partition coefficient (Wildman–Crippen LogP) is 2.02. The molecule has 0 unspecified atom stereocenters. The van der Waals surface area contributed by atoms with Gasteiger partial charge in [0.2, 0.25) is 0 Å². The fourth-order valence-corrected chi connectivity index (χ4v) is 2.04. The summed E-state index contributed by atoms with van der Waals surface area (Å²) in [4.78, 5) is 16.2. The van der Waals surface area contributed by atoms with E-state index in [1.54, 1.807) is 0 Å². The van der Waals surface area contributed by atoms with Gasteiger partial charge in [0.1, 0.15) is 0 Å². The monoisotopic (exact) mass is 245 g/mol. The van der Waals surface area contributed by atoms with E-state index in [0.717, 1.165) is 38.4 Å². The molecule has 1 fully saturated rings. The third-order valence-electron chi connectivity index (χ3n) is 3.07. The van der Waals surface area contributed by atoms with Gasteiger partial charge < -0.3 is 10.2 Å². The van der Waals surface area contributed by atoms with Gasteiger partial charge in [0, 0.05) is 38.4 Å². The number of hydrogen-bond acceptors (Lipinski definition) is 2. The molecule has 1 N–H and O–H groups in total. The van der Waals surface area contributed by atoms with Crippen molar-refractivity contribution < 1.29 is 4.79 Å². The highest BCUT2D eigenvalue weighted by molar-refractivity contribution is 5.89. The van der Waals surface area contributed by atoms with Gasteiger partial charge in [-0.2, -0.15) is 0 Å². The lowest BCUT2D eigenvalue weighted by Crippen LogP contribution is -2.49. The van der Waals surface area contributed by atoms with Crippen LogP contribution in [0.15, 0.2) is 43.0 Å². The van der Waals surface area contributed by atoms with Crippen LogP contribution in [-0.2, 0) is 0 Å². The van der Waals surface area contributed by atoms with Crippen molar-refractivity contribution in [1.29, 1.82) is 0 Å². The summed E-state index contributed by atoms with van der Waals surface area (Å²) in [5, 5.41) is 2.91. The first kappa shape index (κ1) is 12.6. The number of hydrogen-bond donors (Lipinski definition) is 1. The average Bonchev–Trinajstić information content (AvgIpc) is 2.41. The van der Waals surface area contributed by atoms with Crippen molar-refractivity contribution in [3.63, 3.8) is 0 Å². The van der Waals surface area contributed by atoms with Crippen molar-refractivity contribution >= 4 is 11.7 Å². The van der Waals surface area contributed by atoms with Crippen LogP contribution in [0.3, 0.4) is 0 Å². The second kappa shape index (κ2) is 6.21. The SMILES string of the molecule is C=CCN1CCN(C(=O)Nc2ccccc2)CC1. The standard InChI is InChI=1S/C14H19N3O/c1-2-8-16-9-11-17(12-10-16)14(18)15-13-6-4-3-5-7-13/h2-7H,1,8-12H2,(H,15,18). The maximum atomic E-state index is 12.0. The highest BCUT2D eigenvalue weighted by Crippen LogP contribution is 2.08. The van der Waals surface area contributed by atoms with Crippen molar-refractivity contribution in [3.8, 4) is 0 Å². The molecule has 1 aromatic rings. The van der Waals surface area contributed by atoms with Gasteiger partial charge >= 0.3 is 6.03 Å². The Kier molecular flexibility index (Phi) is 4.36. The van der Waals surface area contributed by atoms with Crippen LogP contribution in [0.4, 0.5) is 10.5 Å². The molecule has 4 nitrogen and oxygen atoms in total. The Labute approximate surface area is 108 Å². The molecule has 1 heterocycles. The van der Waals surface area contributed by atoms with Crippen molar-refractivity contribution in [2.24, 2.45) is 0 Å². The first-order valence-electron chi connectivity index (χ1n) is 6.24. The van der Waals surface area contributed by atoms with E-state index < -0.39 is 0 Å². The van der Waals surface area contributed by atoms with E-state index in [1.165, 1.54) is 0 Å². The molecule has 1 aromatic carbocycles. The summed E-state index contributed by atoms with van der Waals surface area (Å²) in [6.07, 6.45) is 1.90. The molecule has 1 saturated heterocycles. The number of carbonyl (C=O) groups excluding carboxylic acids is 1. The second-order valence-corrected chi connectivity index (χ2v) is 4.37. The Morgan fingerprint density at radius 1 is 1.22 bits per heavy atom. The molecule has 2 rings (SSSR count). The Bertz CT molecular complexity index is 397. The van der Waals surface area contributed by atoms with Gasteiger partial charge in [-0.1, -0.05) is 24.3 Å². The minimum absolute atomic E-state index is 0.0144. The predicted molar refractivity (Wildman–Crippen MR) is 73.7 cm³/mol. The summed E-state index contributed by atoms with van der Waals surface area (Å²) in [5.74, 6) is 0. The molecular weight excluding hydrogens is 226 g/mol. The van der Waals surface area contributed by atoms with Crippen molar-refractivity contribution in [1.82, 2.24) is 9.80 Å². The summed E-state index contributed by atoms with van der Waals surface area (Å²) in [7, 11) is 0. The number of benzene rings is 1. The van der Waals surface area contributed by atoms with Crippen LogP contribution in [0, 0.1) is 0 Å². The molecule has 18 heavy (non-hydrogen) atoms. The maximum absolute atomic E-state index is 12.0. The highest BCUT2D eigenvalue weighted by atomic mass is 16.2. The molecular formula is C14H19N3O. The van der Waals surface area contributed by atoms with Crippen LogP contribution in [0.2, 0.25) is 0 Å². The van der Waals surface area contributed by atoms with Gasteiger partial charge in [0.15, 0.2) is 0 Å². The lowest BCUT2D eigenvalue weighted by atomic mass is 10.3. The van der Waals surface area contributed by atoms with E-state index in [9.17, 15) is 4.79 Å². The van der Waals surface area contributed by atoms with Crippen molar-refractivity contribution in [3.05, 3.63) is 43.0 Å². The summed E-state index contributed by atoms with van der Waals surface area (Å²) < 4.78 is 0. The van der Waals surface area contributed by atoms with Gasteiger partial charge in [-0.3, -0.25) is 4.90 Å². The van der Waals surface area contributed by atoms with Gasteiger partial charge in [-0.25, -0.2) is 4.79 Å². The van der Waals surface area contributed by atoms with E-state index in [4.69, 9.17) is 0 Å². The quantitative estimate of drug-likeness (QED) is 0.827. The normalized spacial score (nSPS) is 16.3. The zero-order valence-electron chi connectivity index (χ0n) is 10.5. The van der Waals surface area contributed by atoms with Crippen LogP contribution in [0.5, 0.6) is 0 Å². The summed E-state index contributed by atoms with van der Waals surface area (Å²) in [5.41, 5.74) is 0.844. The Balaban J connectivity index is 1.82. The first-order chi connectivity index (χ1) is 8.79. The van der Waals surface area contributed by atoms with Crippen LogP contribution >= 0.6 is 0 Å². The summed E-state index contributed by atoms with van der Waals surface area (Å²) in [6.45, 7) is 7.99. The molecule has 1 aliphatic rings. The number of nitrogens with one attached hydrogen (secondary N) is 1. The van der Waals surface area contributed by atoms with Crippen LogP contribution in [0.1, 0.15) is 0 Å². The third-order valence-corrected chi connectivity index (χ3v) is 3.07. The van der Waals surface area contributed by atoms with Gasteiger partial charge in [-0.05, 0) is 12.1 Å². The molecule has 4 heteroatoms. The zero-order valence-corrected chi connectivity index (χ0v) is 10.5. The molecule has 1 aliphatic heterocycles. The number of anilines is 1. The van der Waals surface area contributed by atoms with Gasteiger partial charge in [0.05, 0.1) is 0 Å². The number of rotatable bonds is 3. The smallest absolute Gasteiger partial charge is 0.321 e.